The first-order valence-corrected chi connectivity index (χ1v) is 18.7. The van der Waals surface area contributed by atoms with Gasteiger partial charge in [0.2, 0.25) is 0 Å². The van der Waals surface area contributed by atoms with Crippen LogP contribution in [0.15, 0.2) is 152 Å². The molecule has 0 aliphatic carbocycles. The zero-order valence-corrected chi connectivity index (χ0v) is 29.5. The molecular formula is C42H42O7Se. The molecule has 0 aromatic heterocycles. The summed E-state index contributed by atoms with van der Waals surface area (Å²) in [7, 11) is 0. The van der Waals surface area contributed by atoms with E-state index in [0.717, 1.165) is 16.7 Å². The third kappa shape index (κ3) is 10.7. The molecule has 0 bridgehead atoms. The van der Waals surface area contributed by atoms with E-state index in [2.05, 4.69) is 36.4 Å². The van der Waals surface area contributed by atoms with Crippen LogP contribution in [-0.2, 0) is 48.2 Å². The molecule has 5 aromatic carbocycles. The number of carbonyl (C=O) groups excluding carboxylic acids is 1. The number of hydrogen-bond acceptors (Lipinski definition) is 7. The summed E-state index contributed by atoms with van der Waals surface area (Å²) in [6, 6.07) is 49.7. The Balaban J connectivity index is 1.25. The van der Waals surface area contributed by atoms with Gasteiger partial charge in [-0.05, 0) is 0 Å². The van der Waals surface area contributed by atoms with E-state index in [1.165, 1.54) is 4.46 Å². The van der Waals surface area contributed by atoms with Crippen molar-refractivity contribution in [1.29, 1.82) is 0 Å². The molecule has 1 heterocycles. The topological polar surface area (TPSA) is 72.5 Å². The fourth-order valence-electron chi connectivity index (χ4n) is 5.68. The van der Waals surface area contributed by atoms with E-state index in [1.807, 2.05) is 103 Å². The molecule has 1 saturated heterocycles. The second kappa shape index (κ2) is 19.3. The minimum absolute atomic E-state index is 0.0806. The van der Waals surface area contributed by atoms with Gasteiger partial charge >= 0.3 is 302 Å². The first-order chi connectivity index (χ1) is 24.7. The number of carbonyl (C=O) groups is 1. The number of ether oxygens (including phenoxy) is 6. The van der Waals surface area contributed by atoms with E-state index >= 15 is 0 Å². The van der Waals surface area contributed by atoms with Gasteiger partial charge in [-0.3, -0.25) is 0 Å². The van der Waals surface area contributed by atoms with Crippen LogP contribution in [0.1, 0.15) is 27.0 Å². The second-order valence-electron chi connectivity index (χ2n) is 11.8. The maximum atomic E-state index is 12.6. The average molecular weight is 738 g/mol. The third-order valence-corrected chi connectivity index (χ3v) is 10.9. The van der Waals surface area contributed by atoms with Crippen molar-refractivity contribution in [3.8, 4) is 0 Å². The van der Waals surface area contributed by atoms with Crippen LogP contribution in [0.5, 0.6) is 0 Å². The molecule has 1 aliphatic heterocycles. The van der Waals surface area contributed by atoms with Gasteiger partial charge in [0.15, 0.2) is 0 Å². The summed E-state index contributed by atoms with van der Waals surface area (Å²) in [5.74, 6) is -0.394. The predicted molar refractivity (Wildman–Crippen MR) is 193 cm³/mol. The van der Waals surface area contributed by atoms with Gasteiger partial charge in [0.25, 0.3) is 0 Å². The zero-order valence-electron chi connectivity index (χ0n) is 27.8. The first kappa shape index (κ1) is 35.7. The molecule has 0 saturated carbocycles. The van der Waals surface area contributed by atoms with Gasteiger partial charge in [-0.15, -0.1) is 0 Å². The van der Waals surface area contributed by atoms with E-state index in [9.17, 15) is 4.79 Å². The summed E-state index contributed by atoms with van der Waals surface area (Å²) in [4.78, 5) is 12.4. The van der Waals surface area contributed by atoms with Gasteiger partial charge < -0.3 is 0 Å². The van der Waals surface area contributed by atoms with Gasteiger partial charge in [-0.25, -0.2) is 0 Å². The van der Waals surface area contributed by atoms with Crippen LogP contribution < -0.4 is 4.46 Å². The number of benzene rings is 5. The molecule has 8 heteroatoms. The molecule has 1 fully saturated rings. The standard InChI is InChI=1S/C42H42O7Se/c43-41(35-22-12-4-13-23-35)45-26-27-46-42-40(50-36-24-14-5-15-25-36)39(48-30-34-20-10-3-11-21-34)38(47-29-33-18-8-2-9-19-33)37(49-42)31-44-28-32-16-6-1-7-17-32/h1-25,37-40,42H,26-31H2/t37-,38-,39+,40+,42+/m1/s1. The van der Waals surface area contributed by atoms with Crippen molar-refractivity contribution in [3.63, 3.8) is 0 Å². The van der Waals surface area contributed by atoms with Gasteiger partial charge in [0.05, 0.1) is 0 Å². The van der Waals surface area contributed by atoms with Crippen LogP contribution >= 0.6 is 0 Å². The van der Waals surface area contributed by atoms with Crippen LogP contribution in [0.4, 0.5) is 0 Å². The average Bonchev–Trinajstić information content (AvgIpc) is 3.18. The normalized spacial score (nSPS) is 20.3. The predicted octanol–water partition coefficient (Wildman–Crippen LogP) is 6.79. The Labute approximate surface area is 300 Å². The molecule has 5 aromatic rings. The van der Waals surface area contributed by atoms with Crippen LogP contribution in [0.3, 0.4) is 0 Å². The Kier molecular flexibility index (Phi) is 13.8. The molecule has 0 spiro atoms. The molecule has 5 atom stereocenters. The quantitative estimate of drug-likeness (QED) is 0.0592. The van der Waals surface area contributed by atoms with Crippen molar-refractivity contribution >= 4 is 25.4 Å². The monoisotopic (exact) mass is 738 g/mol. The maximum absolute atomic E-state index is 12.6. The Bertz CT molecular complexity index is 1680. The van der Waals surface area contributed by atoms with Gasteiger partial charge in [-0.2, -0.15) is 0 Å². The van der Waals surface area contributed by atoms with E-state index in [-0.39, 0.29) is 39.6 Å². The minimum atomic E-state index is -0.659. The van der Waals surface area contributed by atoms with E-state index in [0.29, 0.717) is 25.4 Å². The van der Waals surface area contributed by atoms with Crippen molar-refractivity contribution in [3.05, 3.63) is 174 Å². The van der Waals surface area contributed by atoms with Crippen molar-refractivity contribution in [2.75, 3.05) is 19.8 Å². The van der Waals surface area contributed by atoms with Crippen molar-refractivity contribution in [2.24, 2.45) is 0 Å². The van der Waals surface area contributed by atoms with Crippen LogP contribution in [0.2, 0.25) is 4.82 Å². The Morgan fingerprint density at radius 3 is 1.64 bits per heavy atom. The van der Waals surface area contributed by atoms with Gasteiger partial charge in [-0.1, -0.05) is 0 Å². The van der Waals surface area contributed by atoms with Crippen molar-refractivity contribution in [2.45, 2.75) is 49.2 Å². The molecule has 6 rings (SSSR count). The molecule has 0 radical (unpaired) electrons. The number of rotatable bonds is 17. The fourth-order valence-corrected chi connectivity index (χ4v) is 8.30. The Morgan fingerprint density at radius 2 is 1.06 bits per heavy atom. The van der Waals surface area contributed by atoms with Crippen LogP contribution in [0.25, 0.3) is 0 Å². The van der Waals surface area contributed by atoms with Crippen LogP contribution in [0, 0.1) is 0 Å². The van der Waals surface area contributed by atoms with Gasteiger partial charge in [0, 0.05) is 0 Å². The summed E-state index contributed by atoms with van der Waals surface area (Å²) in [6.07, 6.45) is -2.01. The van der Waals surface area contributed by atoms with E-state index in [4.69, 9.17) is 28.4 Å². The molecule has 0 amide bonds. The Hall–Kier alpha value is -4.11. The molecule has 1 aliphatic rings. The van der Waals surface area contributed by atoms with Crippen molar-refractivity contribution < 1.29 is 33.2 Å². The fraction of sp³-hybridized carbons (Fsp3) is 0.262. The molecule has 258 valence electrons. The first-order valence-electron chi connectivity index (χ1n) is 16.9. The number of hydrogen-bond donors (Lipinski definition) is 0. The summed E-state index contributed by atoms with van der Waals surface area (Å²) in [5, 5.41) is 0. The molecule has 0 N–H and O–H groups in total. The summed E-state index contributed by atoms with van der Waals surface area (Å²) in [6.45, 7) is 1.73. The van der Waals surface area contributed by atoms with Crippen molar-refractivity contribution in [1.82, 2.24) is 0 Å². The molecular weight excluding hydrogens is 695 g/mol. The van der Waals surface area contributed by atoms with Gasteiger partial charge in [0.1, 0.15) is 0 Å². The number of esters is 1. The second-order valence-corrected chi connectivity index (χ2v) is 14.5. The molecule has 0 unspecified atom stereocenters. The molecule has 7 nitrogen and oxygen atoms in total. The summed E-state index contributed by atoms with van der Waals surface area (Å²) >= 11 is -0.127. The summed E-state index contributed by atoms with van der Waals surface area (Å²) in [5.41, 5.74) is 3.69. The zero-order chi connectivity index (χ0) is 34.2. The molecule has 50 heavy (non-hydrogen) atoms. The van der Waals surface area contributed by atoms with E-state index in [1.54, 1.807) is 12.1 Å². The summed E-state index contributed by atoms with van der Waals surface area (Å²) < 4.78 is 39.9. The van der Waals surface area contributed by atoms with E-state index < -0.39 is 30.6 Å². The third-order valence-electron chi connectivity index (χ3n) is 8.18. The van der Waals surface area contributed by atoms with Crippen LogP contribution in [-0.4, -0.2) is 65.3 Å². The SMILES string of the molecule is O=C(OCCO[C@H]1O[C@H](COCc2ccccc2)[C@@H](OCc2ccccc2)[C@H](OCc2ccccc2)[C@@H]1[Se]c1ccccc1)c1ccccc1. The Morgan fingerprint density at radius 1 is 0.560 bits per heavy atom.